The van der Waals surface area contributed by atoms with Crippen molar-refractivity contribution in [1.82, 2.24) is 15.3 Å². The minimum atomic E-state index is 0.418. The quantitative estimate of drug-likeness (QED) is 0.912. The van der Waals surface area contributed by atoms with Gasteiger partial charge in [-0.15, -0.1) is 11.3 Å². The van der Waals surface area contributed by atoms with Crippen molar-refractivity contribution in [2.75, 3.05) is 0 Å². The molecular formula is C19H23N3S. The Bertz CT molecular complexity index is 642. The summed E-state index contributed by atoms with van der Waals surface area (Å²) in [5.41, 5.74) is 1.63. The van der Waals surface area contributed by atoms with E-state index in [2.05, 4.69) is 26.7 Å². The highest BCUT2D eigenvalue weighted by Gasteiger charge is 2.50. The van der Waals surface area contributed by atoms with E-state index in [4.69, 9.17) is 0 Å². The Balaban J connectivity index is 1.28. The lowest BCUT2D eigenvalue weighted by Gasteiger charge is -2.57. The van der Waals surface area contributed by atoms with Crippen LogP contribution in [-0.4, -0.2) is 15.5 Å². The molecule has 2 aromatic heterocycles. The molecule has 0 aromatic carbocycles. The smallest absolute Gasteiger partial charge is 0.169 e. The first kappa shape index (κ1) is 14.1. The molecule has 0 saturated heterocycles. The molecule has 4 saturated carbocycles. The highest BCUT2D eigenvalue weighted by Crippen LogP contribution is 2.55. The molecule has 2 heterocycles. The largest absolute Gasteiger partial charge is 0.307 e. The van der Waals surface area contributed by atoms with Crippen molar-refractivity contribution < 1.29 is 0 Å². The fraction of sp³-hybridized carbons (Fsp3) is 0.579. The molecule has 4 fully saturated rings. The monoisotopic (exact) mass is 325 g/mol. The van der Waals surface area contributed by atoms with E-state index >= 15 is 0 Å². The van der Waals surface area contributed by atoms with Gasteiger partial charge in [0.15, 0.2) is 5.82 Å². The Morgan fingerprint density at radius 3 is 2.26 bits per heavy atom. The Kier molecular flexibility index (Phi) is 3.30. The van der Waals surface area contributed by atoms with Crippen molar-refractivity contribution in [3.8, 4) is 10.7 Å². The topological polar surface area (TPSA) is 37.8 Å². The first-order valence-corrected chi connectivity index (χ1v) is 9.76. The van der Waals surface area contributed by atoms with Gasteiger partial charge in [-0.2, -0.15) is 0 Å². The second-order valence-electron chi connectivity index (χ2n) is 7.94. The van der Waals surface area contributed by atoms with Crippen LogP contribution in [0, 0.1) is 17.8 Å². The molecule has 0 atom stereocenters. The van der Waals surface area contributed by atoms with Gasteiger partial charge in [0.05, 0.1) is 4.88 Å². The Labute approximate surface area is 141 Å². The van der Waals surface area contributed by atoms with E-state index in [1.165, 1.54) is 44.1 Å². The van der Waals surface area contributed by atoms with E-state index in [0.29, 0.717) is 5.54 Å². The Morgan fingerprint density at radius 2 is 1.70 bits per heavy atom. The van der Waals surface area contributed by atoms with Gasteiger partial charge in [-0.1, -0.05) is 6.07 Å². The average molecular weight is 325 g/mol. The summed E-state index contributed by atoms with van der Waals surface area (Å²) in [5.74, 6) is 3.82. The van der Waals surface area contributed by atoms with Gasteiger partial charge in [0.25, 0.3) is 0 Å². The van der Waals surface area contributed by atoms with Crippen LogP contribution in [0.25, 0.3) is 10.7 Å². The van der Waals surface area contributed by atoms with Gasteiger partial charge < -0.3 is 5.32 Å². The fourth-order valence-corrected chi connectivity index (χ4v) is 6.27. The SMILES string of the molecule is c1csc(-c2ncc(CNC34CC5CC(CC(C5)C3)C4)cn2)c1. The lowest BCUT2D eigenvalue weighted by Crippen LogP contribution is -2.58. The van der Waals surface area contributed by atoms with E-state index in [-0.39, 0.29) is 0 Å². The van der Waals surface area contributed by atoms with E-state index in [0.717, 1.165) is 35.0 Å². The molecule has 4 bridgehead atoms. The third-order valence-electron chi connectivity index (χ3n) is 6.15. The van der Waals surface area contributed by atoms with Gasteiger partial charge in [-0.25, -0.2) is 9.97 Å². The van der Waals surface area contributed by atoms with E-state index in [1.807, 2.05) is 18.5 Å². The Morgan fingerprint density at radius 1 is 1.04 bits per heavy atom. The van der Waals surface area contributed by atoms with Gasteiger partial charge in [-0.3, -0.25) is 0 Å². The molecule has 4 aliphatic rings. The molecule has 6 rings (SSSR count). The summed E-state index contributed by atoms with van der Waals surface area (Å²) in [6.45, 7) is 0.914. The van der Waals surface area contributed by atoms with Crippen molar-refractivity contribution in [1.29, 1.82) is 0 Å². The summed E-state index contributed by atoms with van der Waals surface area (Å²) in [4.78, 5) is 10.2. The number of nitrogens with zero attached hydrogens (tertiary/aromatic N) is 2. The molecule has 0 unspecified atom stereocenters. The van der Waals surface area contributed by atoms with Crippen molar-refractivity contribution in [2.45, 2.75) is 50.6 Å². The molecule has 0 aliphatic heterocycles. The highest BCUT2D eigenvalue weighted by atomic mass is 32.1. The van der Waals surface area contributed by atoms with Crippen LogP contribution < -0.4 is 5.32 Å². The third-order valence-corrected chi connectivity index (χ3v) is 7.02. The van der Waals surface area contributed by atoms with E-state index < -0.39 is 0 Å². The maximum atomic E-state index is 4.55. The molecule has 0 spiro atoms. The van der Waals surface area contributed by atoms with Gasteiger partial charge in [0, 0.05) is 30.0 Å². The zero-order valence-corrected chi connectivity index (χ0v) is 14.2. The fourth-order valence-electron chi connectivity index (χ4n) is 5.60. The van der Waals surface area contributed by atoms with Crippen LogP contribution in [0.4, 0.5) is 0 Å². The van der Waals surface area contributed by atoms with E-state index in [9.17, 15) is 0 Å². The molecule has 4 heteroatoms. The van der Waals surface area contributed by atoms with Crippen molar-refractivity contribution >= 4 is 11.3 Å². The summed E-state index contributed by atoms with van der Waals surface area (Å²) in [7, 11) is 0. The number of aromatic nitrogens is 2. The highest BCUT2D eigenvalue weighted by molar-refractivity contribution is 7.13. The van der Waals surface area contributed by atoms with Crippen molar-refractivity contribution in [3.63, 3.8) is 0 Å². The van der Waals surface area contributed by atoms with Gasteiger partial charge >= 0.3 is 0 Å². The zero-order valence-electron chi connectivity index (χ0n) is 13.4. The Hall–Kier alpha value is -1.26. The predicted molar refractivity (Wildman–Crippen MR) is 93.1 cm³/mol. The van der Waals surface area contributed by atoms with Crippen molar-refractivity contribution in [2.24, 2.45) is 17.8 Å². The standard InChI is InChI=1S/C19H23N3S/c1-2-17(23-3-1)18-20-10-16(11-21-18)12-22-19-7-13-4-14(8-19)6-15(5-13)9-19/h1-3,10-11,13-15,22H,4-9,12H2. The molecular weight excluding hydrogens is 302 g/mol. The molecule has 4 aliphatic carbocycles. The maximum Gasteiger partial charge on any atom is 0.169 e. The normalized spacial score (nSPS) is 34.9. The van der Waals surface area contributed by atoms with Crippen LogP contribution in [0.1, 0.15) is 44.1 Å². The van der Waals surface area contributed by atoms with Crippen LogP contribution in [0.2, 0.25) is 0 Å². The molecule has 23 heavy (non-hydrogen) atoms. The minimum absolute atomic E-state index is 0.418. The van der Waals surface area contributed by atoms with Crippen LogP contribution in [0.15, 0.2) is 29.9 Å². The molecule has 3 nitrogen and oxygen atoms in total. The maximum absolute atomic E-state index is 4.55. The molecule has 0 radical (unpaired) electrons. The zero-order chi connectivity index (χ0) is 15.3. The van der Waals surface area contributed by atoms with Crippen LogP contribution in [0.3, 0.4) is 0 Å². The first-order valence-electron chi connectivity index (χ1n) is 8.88. The number of thiophene rings is 1. The average Bonchev–Trinajstić information content (AvgIpc) is 3.07. The summed E-state index contributed by atoms with van der Waals surface area (Å²) in [5, 5.41) is 5.99. The van der Waals surface area contributed by atoms with E-state index in [1.54, 1.807) is 11.3 Å². The van der Waals surface area contributed by atoms with Gasteiger partial charge in [-0.05, 0) is 67.7 Å². The first-order chi connectivity index (χ1) is 11.3. The molecule has 120 valence electrons. The predicted octanol–water partition coefficient (Wildman–Crippen LogP) is 4.26. The molecule has 1 N–H and O–H groups in total. The van der Waals surface area contributed by atoms with Crippen molar-refractivity contribution in [3.05, 3.63) is 35.5 Å². The third kappa shape index (κ3) is 2.62. The second-order valence-corrected chi connectivity index (χ2v) is 8.89. The summed E-state index contributed by atoms with van der Waals surface area (Å²) < 4.78 is 0. The summed E-state index contributed by atoms with van der Waals surface area (Å²) in [6.07, 6.45) is 12.7. The van der Waals surface area contributed by atoms with Crippen LogP contribution >= 0.6 is 11.3 Å². The minimum Gasteiger partial charge on any atom is -0.307 e. The lowest BCUT2D eigenvalue weighted by atomic mass is 9.53. The molecule has 2 aromatic rings. The number of rotatable bonds is 4. The summed E-state index contributed by atoms with van der Waals surface area (Å²) in [6, 6.07) is 4.12. The number of hydrogen-bond donors (Lipinski definition) is 1. The number of nitrogens with one attached hydrogen (secondary N) is 1. The molecule has 0 amide bonds. The lowest BCUT2D eigenvalue weighted by molar-refractivity contribution is -0.0206. The number of hydrogen-bond acceptors (Lipinski definition) is 4. The van der Waals surface area contributed by atoms with Gasteiger partial charge in [0.2, 0.25) is 0 Å². The van der Waals surface area contributed by atoms with Crippen LogP contribution in [0.5, 0.6) is 0 Å². The van der Waals surface area contributed by atoms with Crippen LogP contribution in [-0.2, 0) is 6.54 Å². The van der Waals surface area contributed by atoms with Gasteiger partial charge in [0.1, 0.15) is 0 Å². The summed E-state index contributed by atoms with van der Waals surface area (Å²) >= 11 is 1.69. The second kappa shape index (κ2) is 5.38.